The minimum atomic E-state index is -3.30. The van der Waals surface area contributed by atoms with Gasteiger partial charge >= 0.3 is 0 Å². The Labute approximate surface area is 121 Å². The fourth-order valence-electron chi connectivity index (χ4n) is 1.52. The molecule has 0 radical (unpaired) electrons. The van der Waals surface area contributed by atoms with Gasteiger partial charge in [-0.3, -0.25) is 0 Å². The maximum atomic E-state index is 11.4. The molecule has 0 aliphatic heterocycles. The molecule has 2 aromatic rings. The number of aromatic nitrogens is 3. The maximum Gasteiger partial charge on any atom is 0.178 e. The van der Waals surface area contributed by atoms with E-state index in [1.807, 2.05) is 0 Å². The topological polar surface area (TPSA) is 64.8 Å². The fourth-order valence-corrected chi connectivity index (χ4v) is 2.58. The van der Waals surface area contributed by atoms with Crippen LogP contribution < -0.4 is 0 Å². The molecule has 2 heterocycles. The van der Waals surface area contributed by atoms with Crippen molar-refractivity contribution in [1.82, 2.24) is 14.8 Å². The molecule has 0 saturated heterocycles. The van der Waals surface area contributed by atoms with Crippen LogP contribution in [-0.2, 0) is 15.7 Å². The van der Waals surface area contributed by atoms with E-state index in [9.17, 15) is 8.42 Å². The van der Waals surface area contributed by atoms with Crippen LogP contribution in [0.3, 0.4) is 0 Å². The van der Waals surface area contributed by atoms with Crippen LogP contribution in [0.4, 0.5) is 0 Å². The summed E-state index contributed by atoms with van der Waals surface area (Å²) in [6.07, 6.45) is 3.76. The van der Waals surface area contributed by atoms with Gasteiger partial charge in [-0.1, -0.05) is 11.6 Å². The maximum absolute atomic E-state index is 11.4. The Morgan fingerprint density at radius 2 is 2.11 bits per heavy atom. The summed E-state index contributed by atoms with van der Waals surface area (Å²) < 4.78 is 24.1. The minimum absolute atomic E-state index is 0.115. The second kappa shape index (κ2) is 5.11. The van der Waals surface area contributed by atoms with Gasteiger partial charge in [0.15, 0.2) is 15.7 Å². The van der Waals surface area contributed by atoms with Crippen molar-refractivity contribution in [3.05, 3.63) is 34.7 Å². The molecule has 0 aliphatic rings. The van der Waals surface area contributed by atoms with Crippen LogP contribution in [0.15, 0.2) is 23.4 Å². The average Bonchev–Trinajstić information content (AvgIpc) is 2.80. The summed E-state index contributed by atoms with van der Waals surface area (Å²) in [6, 6.07) is 1.70. The van der Waals surface area contributed by atoms with Crippen molar-refractivity contribution in [3.8, 4) is 5.82 Å². The molecular weight excluding hydrogens is 309 g/mol. The summed E-state index contributed by atoms with van der Waals surface area (Å²) in [7, 11) is -3.30. The number of hydrogen-bond donors (Lipinski definition) is 0. The zero-order valence-electron chi connectivity index (χ0n) is 10.3. The number of sulfone groups is 1. The van der Waals surface area contributed by atoms with Gasteiger partial charge in [0.2, 0.25) is 0 Å². The fraction of sp³-hybridized carbons (Fsp3) is 0.273. The van der Waals surface area contributed by atoms with E-state index < -0.39 is 9.84 Å². The van der Waals surface area contributed by atoms with Crippen LogP contribution >= 0.6 is 23.2 Å². The standard InChI is InChI=1S/C11H11Cl2N3O2S/c1-7-8(4-12)3-10(13)11(15-7)16-6-9(5-14-16)19(2,17)18/h3,5-6H,4H2,1-2H3. The lowest BCUT2D eigenvalue weighted by atomic mass is 10.2. The van der Waals surface area contributed by atoms with Gasteiger partial charge < -0.3 is 0 Å². The largest absolute Gasteiger partial charge is 0.232 e. The molecule has 0 aromatic carbocycles. The summed E-state index contributed by atoms with van der Waals surface area (Å²) in [5.41, 5.74) is 1.55. The molecule has 0 N–H and O–H groups in total. The summed E-state index contributed by atoms with van der Waals surface area (Å²) in [5.74, 6) is 0.690. The molecule has 0 aliphatic carbocycles. The van der Waals surface area contributed by atoms with E-state index in [1.165, 1.54) is 17.1 Å². The second-order valence-corrected chi connectivity index (χ2v) is 6.75. The highest BCUT2D eigenvalue weighted by Crippen LogP contribution is 2.23. The summed E-state index contributed by atoms with van der Waals surface area (Å²) in [5, 5.41) is 4.33. The monoisotopic (exact) mass is 319 g/mol. The number of pyridine rings is 1. The third-order valence-corrected chi connectivity index (χ3v) is 4.23. The number of rotatable bonds is 3. The molecule has 0 unspecified atom stereocenters. The van der Waals surface area contributed by atoms with Gasteiger partial charge in [0, 0.05) is 17.8 Å². The van der Waals surface area contributed by atoms with Crippen LogP contribution in [0.5, 0.6) is 0 Å². The normalized spacial score (nSPS) is 11.8. The summed E-state index contributed by atoms with van der Waals surface area (Å²) >= 11 is 11.9. The number of halogens is 2. The Balaban J connectivity index is 2.54. The minimum Gasteiger partial charge on any atom is -0.232 e. The zero-order chi connectivity index (χ0) is 14.2. The molecule has 19 heavy (non-hydrogen) atoms. The van der Waals surface area contributed by atoms with Crippen molar-refractivity contribution >= 4 is 33.0 Å². The lowest BCUT2D eigenvalue weighted by Crippen LogP contribution is -2.03. The van der Waals surface area contributed by atoms with Gasteiger partial charge in [0.05, 0.1) is 17.4 Å². The van der Waals surface area contributed by atoms with Crippen LogP contribution in [0.25, 0.3) is 5.82 Å². The first-order valence-corrected chi connectivity index (χ1v) is 8.10. The predicted molar refractivity (Wildman–Crippen MR) is 73.8 cm³/mol. The summed E-state index contributed by atoms with van der Waals surface area (Å²) in [4.78, 5) is 4.41. The van der Waals surface area contributed by atoms with Gasteiger partial charge in [-0.15, -0.1) is 11.6 Å². The third-order valence-electron chi connectivity index (χ3n) is 2.60. The molecule has 102 valence electrons. The molecule has 0 spiro atoms. The Morgan fingerprint density at radius 1 is 1.42 bits per heavy atom. The molecule has 2 aromatic heterocycles. The number of hydrogen-bond acceptors (Lipinski definition) is 4. The molecule has 0 bridgehead atoms. The van der Waals surface area contributed by atoms with Crippen LogP contribution in [0.1, 0.15) is 11.3 Å². The molecule has 0 saturated carbocycles. The van der Waals surface area contributed by atoms with Crippen molar-refractivity contribution in [2.24, 2.45) is 0 Å². The third kappa shape index (κ3) is 2.91. The van der Waals surface area contributed by atoms with Crippen molar-refractivity contribution in [2.45, 2.75) is 17.7 Å². The first kappa shape index (κ1) is 14.3. The highest BCUT2D eigenvalue weighted by Gasteiger charge is 2.14. The van der Waals surface area contributed by atoms with Crippen molar-refractivity contribution in [3.63, 3.8) is 0 Å². The number of nitrogens with zero attached hydrogens (tertiary/aromatic N) is 3. The summed E-state index contributed by atoms with van der Waals surface area (Å²) in [6.45, 7) is 1.80. The molecular formula is C11H11Cl2N3O2S. The zero-order valence-corrected chi connectivity index (χ0v) is 12.6. The predicted octanol–water partition coefficient (Wildman–Crippen LogP) is 2.37. The smallest absolute Gasteiger partial charge is 0.178 e. The Bertz CT molecular complexity index is 726. The molecule has 5 nitrogen and oxygen atoms in total. The number of aryl methyl sites for hydroxylation is 1. The van der Waals surface area contributed by atoms with E-state index in [4.69, 9.17) is 23.2 Å². The lowest BCUT2D eigenvalue weighted by molar-refractivity contribution is 0.602. The Kier molecular flexibility index (Phi) is 3.85. The van der Waals surface area contributed by atoms with Gasteiger partial charge in [-0.05, 0) is 18.6 Å². The molecule has 0 atom stereocenters. The van der Waals surface area contributed by atoms with Gasteiger partial charge in [-0.25, -0.2) is 18.1 Å². The van der Waals surface area contributed by atoms with Crippen molar-refractivity contribution < 1.29 is 8.42 Å². The first-order valence-electron chi connectivity index (χ1n) is 5.30. The molecule has 0 amide bonds. The quantitative estimate of drug-likeness (QED) is 0.815. The Morgan fingerprint density at radius 3 is 2.63 bits per heavy atom. The molecule has 8 heteroatoms. The highest BCUT2D eigenvalue weighted by molar-refractivity contribution is 7.90. The lowest BCUT2D eigenvalue weighted by Gasteiger charge is -2.07. The van der Waals surface area contributed by atoms with E-state index in [1.54, 1.807) is 13.0 Å². The van der Waals surface area contributed by atoms with Crippen molar-refractivity contribution in [1.29, 1.82) is 0 Å². The first-order chi connectivity index (χ1) is 8.82. The van der Waals surface area contributed by atoms with Gasteiger partial charge in [0.1, 0.15) is 4.90 Å². The van der Waals surface area contributed by atoms with E-state index in [2.05, 4.69) is 10.1 Å². The SMILES string of the molecule is Cc1nc(-n2cc(S(C)(=O)=O)cn2)c(Cl)cc1CCl. The van der Waals surface area contributed by atoms with Crippen LogP contribution in [-0.4, -0.2) is 29.4 Å². The van der Waals surface area contributed by atoms with Crippen LogP contribution in [0.2, 0.25) is 5.02 Å². The van der Waals surface area contributed by atoms with E-state index in [0.717, 1.165) is 17.5 Å². The van der Waals surface area contributed by atoms with E-state index in [-0.39, 0.29) is 4.90 Å². The van der Waals surface area contributed by atoms with E-state index in [0.29, 0.717) is 16.7 Å². The van der Waals surface area contributed by atoms with Gasteiger partial charge in [0.25, 0.3) is 0 Å². The molecule has 2 rings (SSSR count). The highest BCUT2D eigenvalue weighted by atomic mass is 35.5. The van der Waals surface area contributed by atoms with Gasteiger partial charge in [-0.2, -0.15) is 5.10 Å². The Hall–Kier alpha value is -1.11. The van der Waals surface area contributed by atoms with Crippen LogP contribution in [0, 0.1) is 6.92 Å². The number of alkyl halides is 1. The second-order valence-electron chi connectivity index (χ2n) is 4.06. The van der Waals surface area contributed by atoms with E-state index >= 15 is 0 Å². The van der Waals surface area contributed by atoms with Crippen molar-refractivity contribution in [2.75, 3.05) is 6.26 Å². The average molecular weight is 320 g/mol. The molecule has 0 fully saturated rings.